The van der Waals surface area contributed by atoms with Gasteiger partial charge in [0.2, 0.25) is 0 Å². The van der Waals surface area contributed by atoms with E-state index in [1.54, 1.807) is 0 Å². The summed E-state index contributed by atoms with van der Waals surface area (Å²) in [6, 6.07) is 2.54. The molecule has 1 aromatic heterocycles. The fourth-order valence-corrected chi connectivity index (χ4v) is 4.19. The summed E-state index contributed by atoms with van der Waals surface area (Å²) >= 11 is 2.02. The topological polar surface area (TPSA) is 47.3 Å². The van der Waals surface area contributed by atoms with Crippen molar-refractivity contribution in [1.29, 1.82) is 0 Å². The Bertz CT molecular complexity index is 401. The highest BCUT2D eigenvalue weighted by Crippen LogP contribution is 2.38. The van der Waals surface area contributed by atoms with Gasteiger partial charge in [-0.05, 0) is 31.9 Å². The molecular weight excluding hydrogens is 248 g/mol. The Kier molecular flexibility index (Phi) is 3.63. The lowest BCUT2D eigenvalue weighted by Crippen LogP contribution is -2.47. The molecule has 0 radical (unpaired) electrons. The number of nitrogens with zero attached hydrogens (tertiary/aromatic N) is 1. The maximum absolute atomic E-state index is 6.02. The zero-order valence-electron chi connectivity index (χ0n) is 10.8. The molecule has 5 heteroatoms. The molecule has 2 unspecified atom stereocenters. The summed E-state index contributed by atoms with van der Waals surface area (Å²) in [4.78, 5) is 0. The van der Waals surface area contributed by atoms with Gasteiger partial charge in [-0.2, -0.15) is 11.8 Å². The molecule has 100 valence electrons. The zero-order valence-corrected chi connectivity index (χ0v) is 11.6. The summed E-state index contributed by atoms with van der Waals surface area (Å²) in [6.07, 6.45) is 3.44. The van der Waals surface area contributed by atoms with Crippen LogP contribution in [0.25, 0.3) is 0 Å². The second kappa shape index (κ2) is 5.23. The highest BCUT2D eigenvalue weighted by atomic mass is 32.2. The fraction of sp³-hybridized carbons (Fsp3) is 0.769. The number of hydrogen-bond acceptors (Lipinski definition) is 5. The van der Waals surface area contributed by atoms with Crippen LogP contribution in [-0.2, 0) is 11.3 Å². The van der Waals surface area contributed by atoms with Gasteiger partial charge in [-0.3, -0.25) is 0 Å². The Morgan fingerprint density at radius 1 is 1.61 bits per heavy atom. The maximum atomic E-state index is 6.02. The number of rotatable bonds is 3. The summed E-state index contributed by atoms with van der Waals surface area (Å²) in [5.74, 6) is 3.28. The van der Waals surface area contributed by atoms with Crippen molar-refractivity contribution in [2.45, 2.75) is 44.4 Å². The van der Waals surface area contributed by atoms with E-state index in [9.17, 15) is 0 Å². The Hall–Kier alpha value is -0.520. The molecule has 0 aromatic carbocycles. The molecule has 0 saturated carbocycles. The molecule has 1 N–H and O–H groups in total. The molecule has 18 heavy (non-hydrogen) atoms. The van der Waals surface area contributed by atoms with Crippen LogP contribution in [-0.4, -0.2) is 34.9 Å². The van der Waals surface area contributed by atoms with E-state index < -0.39 is 0 Å². The number of aryl methyl sites for hydroxylation is 1. The first-order valence-corrected chi connectivity index (χ1v) is 7.79. The lowest BCUT2D eigenvalue weighted by atomic mass is 9.90. The van der Waals surface area contributed by atoms with Crippen LogP contribution < -0.4 is 5.32 Å². The number of aromatic nitrogens is 1. The zero-order chi connectivity index (χ0) is 12.4. The van der Waals surface area contributed by atoms with Crippen LogP contribution in [0.15, 0.2) is 10.6 Å². The van der Waals surface area contributed by atoms with Crippen molar-refractivity contribution in [3.05, 3.63) is 17.5 Å². The van der Waals surface area contributed by atoms with Crippen LogP contribution in [0, 0.1) is 6.92 Å². The van der Waals surface area contributed by atoms with E-state index >= 15 is 0 Å². The molecule has 4 nitrogen and oxygen atoms in total. The average molecular weight is 268 g/mol. The molecule has 0 amide bonds. The van der Waals surface area contributed by atoms with Crippen LogP contribution in [0.1, 0.15) is 30.7 Å². The summed E-state index contributed by atoms with van der Waals surface area (Å²) in [5.41, 5.74) is 1.15. The SMILES string of the molecule is Cc1cc(CNC2CCOC3(CCSC3)C2)no1. The van der Waals surface area contributed by atoms with E-state index in [1.165, 1.54) is 12.2 Å². The van der Waals surface area contributed by atoms with Crippen LogP contribution in [0.2, 0.25) is 0 Å². The molecule has 1 spiro atoms. The molecule has 2 aliphatic heterocycles. The monoisotopic (exact) mass is 268 g/mol. The molecule has 2 aliphatic rings. The highest BCUT2D eigenvalue weighted by molar-refractivity contribution is 7.99. The van der Waals surface area contributed by atoms with Crippen molar-refractivity contribution >= 4 is 11.8 Å². The van der Waals surface area contributed by atoms with Gasteiger partial charge in [0.25, 0.3) is 0 Å². The average Bonchev–Trinajstić information content (AvgIpc) is 2.97. The molecule has 0 bridgehead atoms. The molecule has 3 rings (SSSR count). The first-order chi connectivity index (χ1) is 8.76. The van der Waals surface area contributed by atoms with Gasteiger partial charge < -0.3 is 14.6 Å². The quantitative estimate of drug-likeness (QED) is 0.910. The van der Waals surface area contributed by atoms with E-state index in [1.807, 2.05) is 24.8 Å². The third kappa shape index (κ3) is 2.73. The van der Waals surface area contributed by atoms with Crippen LogP contribution >= 0.6 is 11.8 Å². The van der Waals surface area contributed by atoms with Crippen molar-refractivity contribution in [3.63, 3.8) is 0 Å². The van der Waals surface area contributed by atoms with E-state index in [4.69, 9.17) is 9.26 Å². The normalized spacial score (nSPS) is 32.2. The molecule has 1 aromatic rings. The van der Waals surface area contributed by atoms with Crippen molar-refractivity contribution in [2.75, 3.05) is 18.1 Å². The largest absolute Gasteiger partial charge is 0.374 e. The number of ether oxygens (including phenoxy) is 1. The lowest BCUT2D eigenvalue weighted by Gasteiger charge is -2.38. The minimum atomic E-state index is 0.153. The number of hydrogen-bond donors (Lipinski definition) is 1. The predicted molar refractivity (Wildman–Crippen MR) is 71.7 cm³/mol. The lowest BCUT2D eigenvalue weighted by molar-refractivity contribution is -0.0703. The molecule has 2 atom stereocenters. The summed E-state index contributed by atoms with van der Waals surface area (Å²) in [7, 11) is 0. The minimum Gasteiger partial charge on any atom is -0.374 e. The van der Waals surface area contributed by atoms with Crippen molar-refractivity contribution in [2.24, 2.45) is 0 Å². The standard InChI is InChI=1S/C13H20N2O2S/c1-10-6-12(15-17-10)8-14-11-2-4-16-13(7-11)3-5-18-9-13/h6,11,14H,2-5,7-9H2,1H3. The van der Waals surface area contributed by atoms with E-state index in [-0.39, 0.29) is 5.60 Å². The molecule has 2 fully saturated rings. The van der Waals surface area contributed by atoms with Crippen LogP contribution in [0.3, 0.4) is 0 Å². The van der Waals surface area contributed by atoms with Crippen molar-refractivity contribution < 1.29 is 9.26 Å². The van der Waals surface area contributed by atoms with Gasteiger partial charge in [0.05, 0.1) is 11.3 Å². The van der Waals surface area contributed by atoms with Gasteiger partial charge in [0.15, 0.2) is 0 Å². The molecular formula is C13H20N2O2S. The molecule has 0 aliphatic carbocycles. The Morgan fingerprint density at radius 3 is 3.28 bits per heavy atom. The first-order valence-electron chi connectivity index (χ1n) is 6.63. The van der Waals surface area contributed by atoms with Crippen LogP contribution in [0.4, 0.5) is 0 Å². The van der Waals surface area contributed by atoms with Gasteiger partial charge in [0, 0.05) is 31.0 Å². The van der Waals surface area contributed by atoms with Gasteiger partial charge >= 0.3 is 0 Å². The van der Waals surface area contributed by atoms with Gasteiger partial charge in [-0.15, -0.1) is 0 Å². The highest BCUT2D eigenvalue weighted by Gasteiger charge is 2.40. The second-order valence-electron chi connectivity index (χ2n) is 5.33. The smallest absolute Gasteiger partial charge is 0.133 e. The Balaban J connectivity index is 1.53. The Morgan fingerprint density at radius 2 is 2.56 bits per heavy atom. The predicted octanol–water partition coefficient (Wildman–Crippen LogP) is 2.13. The summed E-state index contributed by atoms with van der Waals surface area (Å²) in [6.45, 7) is 3.61. The van der Waals surface area contributed by atoms with Crippen LogP contribution in [0.5, 0.6) is 0 Å². The number of thioether (sulfide) groups is 1. The third-order valence-electron chi connectivity index (χ3n) is 3.81. The van der Waals surface area contributed by atoms with E-state index in [0.29, 0.717) is 6.04 Å². The molecule has 2 saturated heterocycles. The van der Waals surface area contributed by atoms with E-state index in [0.717, 1.165) is 43.2 Å². The Labute approximate surface area is 112 Å². The van der Waals surface area contributed by atoms with Gasteiger partial charge in [-0.1, -0.05) is 5.16 Å². The summed E-state index contributed by atoms with van der Waals surface area (Å²) in [5, 5.41) is 7.61. The van der Waals surface area contributed by atoms with E-state index in [2.05, 4.69) is 10.5 Å². The fourth-order valence-electron chi connectivity index (χ4n) is 2.82. The number of nitrogens with one attached hydrogen (secondary N) is 1. The third-order valence-corrected chi connectivity index (χ3v) is 5.03. The van der Waals surface area contributed by atoms with Gasteiger partial charge in [-0.25, -0.2) is 0 Å². The van der Waals surface area contributed by atoms with Gasteiger partial charge in [0.1, 0.15) is 5.76 Å². The minimum absolute atomic E-state index is 0.153. The maximum Gasteiger partial charge on any atom is 0.133 e. The van der Waals surface area contributed by atoms with Crippen molar-refractivity contribution in [3.8, 4) is 0 Å². The first kappa shape index (κ1) is 12.5. The summed E-state index contributed by atoms with van der Waals surface area (Å²) < 4.78 is 11.1. The second-order valence-corrected chi connectivity index (χ2v) is 6.44. The van der Waals surface area contributed by atoms with Crippen molar-refractivity contribution in [1.82, 2.24) is 10.5 Å². The molecule has 3 heterocycles.